The molecule has 1 heterocycles. The second kappa shape index (κ2) is 7.73. The largest absolute Gasteiger partial charge is 0.493 e. The van der Waals surface area contributed by atoms with E-state index in [4.69, 9.17) is 24.1 Å². The molecule has 0 amide bonds. The normalized spacial score (nSPS) is 26.4. The highest BCUT2D eigenvalue weighted by molar-refractivity contribution is 5.54. The third kappa shape index (κ3) is 3.57. The van der Waals surface area contributed by atoms with Crippen molar-refractivity contribution >= 4 is 5.69 Å². The second-order valence-electron chi connectivity index (χ2n) is 5.11. The molecular weight excluding hydrogens is 326 g/mol. The van der Waals surface area contributed by atoms with Crippen LogP contribution in [0.1, 0.15) is 5.56 Å². The van der Waals surface area contributed by atoms with Crippen molar-refractivity contribution in [2.75, 3.05) is 20.8 Å². The fourth-order valence-electron chi connectivity index (χ4n) is 2.37. The van der Waals surface area contributed by atoms with E-state index in [0.717, 1.165) is 0 Å². The first-order valence-corrected chi connectivity index (χ1v) is 7.06. The molecule has 0 aliphatic carbocycles. The van der Waals surface area contributed by atoms with Crippen molar-refractivity contribution in [1.29, 1.82) is 0 Å². The summed E-state index contributed by atoms with van der Waals surface area (Å²) in [6.07, 6.45) is -4.88. The Hall–Kier alpha value is -1.98. The first kappa shape index (κ1) is 18.4. The third-order valence-corrected chi connectivity index (χ3v) is 3.68. The predicted molar refractivity (Wildman–Crippen MR) is 78.7 cm³/mol. The number of nitrogens with zero attached hydrogens (tertiary/aromatic N) is 1. The van der Waals surface area contributed by atoms with Crippen molar-refractivity contribution in [1.82, 2.24) is 0 Å². The van der Waals surface area contributed by atoms with Crippen molar-refractivity contribution < 1.29 is 39.2 Å². The molecule has 0 bridgehead atoms. The molecule has 1 aliphatic heterocycles. The van der Waals surface area contributed by atoms with E-state index >= 15 is 0 Å². The molecule has 0 spiro atoms. The number of methoxy groups -OCH3 is 2. The van der Waals surface area contributed by atoms with Crippen LogP contribution < -0.4 is 9.47 Å². The number of hydrogen-bond donors (Lipinski definition) is 3. The lowest BCUT2D eigenvalue weighted by Crippen LogP contribution is -2.34. The quantitative estimate of drug-likeness (QED) is 0.443. The van der Waals surface area contributed by atoms with Crippen LogP contribution in [-0.2, 0) is 16.1 Å². The van der Waals surface area contributed by atoms with Crippen LogP contribution in [0.15, 0.2) is 12.1 Å². The molecule has 4 atom stereocenters. The number of ether oxygens (including phenoxy) is 4. The zero-order valence-corrected chi connectivity index (χ0v) is 13.1. The van der Waals surface area contributed by atoms with Crippen LogP contribution in [0.2, 0.25) is 0 Å². The number of benzene rings is 1. The first-order chi connectivity index (χ1) is 11.4. The van der Waals surface area contributed by atoms with Gasteiger partial charge in [0.1, 0.15) is 18.3 Å². The molecule has 1 aromatic rings. The summed E-state index contributed by atoms with van der Waals surface area (Å²) in [7, 11) is 2.75. The fourth-order valence-corrected chi connectivity index (χ4v) is 2.37. The fraction of sp³-hybridized carbons (Fsp3) is 0.571. The van der Waals surface area contributed by atoms with E-state index in [1.54, 1.807) is 0 Å². The summed E-state index contributed by atoms with van der Waals surface area (Å²) >= 11 is 0. The van der Waals surface area contributed by atoms with E-state index in [1.807, 2.05) is 0 Å². The highest BCUT2D eigenvalue weighted by Gasteiger charge is 2.43. The Kier molecular flexibility index (Phi) is 5.91. The van der Waals surface area contributed by atoms with Crippen LogP contribution in [-0.4, -0.2) is 65.7 Å². The molecule has 1 saturated heterocycles. The molecule has 24 heavy (non-hydrogen) atoms. The van der Waals surface area contributed by atoms with Crippen LogP contribution >= 0.6 is 0 Å². The van der Waals surface area contributed by atoms with Crippen molar-refractivity contribution in [3.05, 3.63) is 27.8 Å². The Bertz CT molecular complexity index is 594. The Labute approximate surface area is 137 Å². The van der Waals surface area contributed by atoms with Gasteiger partial charge in [0.05, 0.1) is 44.0 Å². The molecule has 2 rings (SSSR count). The number of rotatable bonds is 7. The third-order valence-electron chi connectivity index (χ3n) is 3.68. The molecule has 1 fully saturated rings. The maximum atomic E-state index is 11.2. The molecule has 1 aromatic carbocycles. The molecule has 1 aliphatic rings. The lowest BCUT2D eigenvalue weighted by Gasteiger charge is -2.16. The Morgan fingerprint density at radius 1 is 1.21 bits per heavy atom. The van der Waals surface area contributed by atoms with Crippen molar-refractivity contribution in [2.24, 2.45) is 0 Å². The zero-order chi connectivity index (χ0) is 17.9. The minimum absolute atomic E-state index is 0.176. The Morgan fingerprint density at radius 2 is 1.83 bits per heavy atom. The standard InChI is InChI=1S/C14H19NO9/c1-21-9-3-7(8(15(19)20)4-10(9)22-2)6-23-14-13(18)12(17)11(5-16)24-14/h3-4,11-14,16-18H,5-6H2,1-2H3/t11-,12-,13-,14+/m1/s1. The predicted octanol–water partition coefficient (Wildman–Crippen LogP) is -0.432. The van der Waals surface area contributed by atoms with Crippen LogP contribution in [0.5, 0.6) is 11.5 Å². The minimum Gasteiger partial charge on any atom is -0.493 e. The van der Waals surface area contributed by atoms with Crippen molar-refractivity contribution in [2.45, 2.75) is 31.2 Å². The van der Waals surface area contributed by atoms with Crippen LogP contribution in [0, 0.1) is 10.1 Å². The van der Waals surface area contributed by atoms with Gasteiger partial charge in [0.15, 0.2) is 17.8 Å². The van der Waals surface area contributed by atoms with Gasteiger partial charge in [-0.15, -0.1) is 0 Å². The monoisotopic (exact) mass is 345 g/mol. The first-order valence-electron chi connectivity index (χ1n) is 7.06. The molecule has 0 aromatic heterocycles. The summed E-state index contributed by atoms with van der Waals surface area (Å²) < 4.78 is 20.6. The average Bonchev–Trinajstić information content (AvgIpc) is 2.86. The highest BCUT2D eigenvalue weighted by atomic mass is 16.7. The summed E-state index contributed by atoms with van der Waals surface area (Å²) in [6.45, 7) is -0.766. The molecule has 134 valence electrons. The molecule has 10 nitrogen and oxygen atoms in total. The van der Waals surface area contributed by atoms with Crippen molar-refractivity contribution in [3.63, 3.8) is 0 Å². The number of nitro benzene ring substituents is 1. The number of nitro groups is 1. The maximum Gasteiger partial charge on any atom is 0.278 e. The van der Waals surface area contributed by atoms with Gasteiger partial charge in [-0.05, 0) is 6.07 Å². The molecule has 0 saturated carbocycles. The molecular formula is C14H19NO9. The number of aliphatic hydroxyl groups excluding tert-OH is 3. The smallest absolute Gasteiger partial charge is 0.278 e. The van der Waals surface area contributed by atoms with Gasteiger partial charge in [-0.2, -0.15) is 0 Å². The summed E-state index contributed by atoms with van der Waals surface area (Å²) in [5.41, 5.74) is -0.0743. The van der Waals surface area contributed by atoms with Gasteiger partial charge < -0.3 is 34.3 Å². The van der Waals surface area contributed by atoms with E-state index in [9.17, 15) is 20.3 Å². The van der Waals surface area contributed by atoms with Gasteiger partial charge in [-0.3, -0.25) is 10.1 Å². The minimum atomic E-state index is -1.37. The van der Waals surface area contributed by atoms with Gasteiger partial charge in [-0.25, -0.2) is 0 Å². The van der Waals surface area contributed by atoms with E-state index in [2.05, 4.69) is 0 Å². The van der Waals surface area contributed by atoms with Gasteiger partial charge in [0.2, 0.25) is 0 Å². The van der Waals surface area contributed by atoms with Crippen molar-refractivity contribution in [3.8, 4) is 11.5 Å². The molecule has 0 unspecified atom stereocenters. The molecule has 3 N–H and O–H groups in total. The highest BCUT2D eigenvalue weighted by Crippen LogP contribution is 2.35. The lowest BCUT2D eigenvalue weighted by molar-refractivity contribution is -0.386. The molecule has 10 heteroatoms. The average molecular weight is 345 g/mol. The maximum absolute atomic E-state index is 11.2. The summed E-state index contributed by atoms with van der Waals surface area (Å²) in [6, 6.07) is 2.59. The zero-order valence-electron chi connectivity index (χ0n) is 13.1. The Morgan fingerprint density at radius 3 is 2.33 bits per heavy atom. The molecule has 0 radical (unpaired) electrons. The summed E-state index contributed by atoms with van der Waals surface area (Å²) in [5, 5.41) is 39.7. The van der Waals surface area contributed by atoms with Crippen LogP contribution in [0.25, 0.3) is 0 Å². The summed E-state index contributed by atoms with van der Waals surface area (Å²) in [4.78, 5) is 10.6. The second-order valence-corrected chi connectivity index (χ2v) is 5.11. The van der Waals surface area contributed by atoms with E-state index in [1.165, 1.54) is 26.4 Å². The van der Waals surface area contributed by atoms with Gasteiger partial charge in [-0.1, -0.05) is 0 Å². The van der Waals surface area contributed by atoms with E-state index in [0.29, 0.717) is 0 Å². The van der Waals surface area contributed by atoms with Gasteiger partial charge in [0, 0.05) is 0 Å². The van der Waals surface area contributed by atoms with Gasteiger partial charge in [0.25, 0.3) is 5.69 Å². The number of aliphatic hydroxyl groups is 3. The summed E-state index contributed by atoms with van der Waals surface area (Å²) in [5.74, 6) is 0.476. The van der Waals surface area contributed by atoms with E-state index in [-0.39, 0.29) is 29.4 Å². The Balaban J connectivity index is 2.18. The topological polar surface area (TPSA) is 141 Å². The SMILES string of the molecule is COc1cc(CO[C@H]2O[C@H](CO)[C@@H](O)[C@H]2O)c([N+](=O)[O-])cc1OC. The van der Waals surface area contributed by atoms with Gasteiger partial charge >= 0.3 is 0 Å². The van der Waals surface area contributed by atoms with Crippen LogP contribution in [0.4, 0.5) is 5.69 Å². The lowest BCUT2D eigenvalue weighted by atomic mass is 10.1. The van der Waals surface area contributed by atoms with E-state index < -0.39 is 36.1 Å². The number of hydrogen-bond acceptors (Lipinski definition) is 9. The van der Waals surface area contributed by atoms with Crippen LogP contribution in [0.3, 0.4) is 0 Å².